The molecule has 154 valence electrons. The first-order valence-corrected chi connectivity index (χ1v) is 9.99. The molecule has 2 N–H and O–H groups in total. The third kappa shape index (κ3) is 5.81. The summed E-state index contributed by atoms with van der Waals surface area (Å²) in [4.78, 5) is 24.5. The van der Waals surface area contributed by atoms with Gasteiger partial charge in [0.15, 0.2) is 6.61 Å². The summed E-state index contributed by atoms with van der Waals surface area (Å²) in [6.07, 6.45) is 1.26. The number of hydrogen-bond acceptors (Lipinski definition) is 4. The van der Waals surface area contributed by atoms with E-state index in [0.29, 0.717) is 25.2 Å². The number of amides is 2. The lowest BCUT2D eigenvalue weighted by Gasteiger charge is -2.21. The minimum Gasteiger partial charge on any atom is -0.483 e. The molecule has 2 amide bonds. The molecule has 0 aliphatic carbocycles. The lowest BCUT2D eigenvalue weighted by atomic mass is 9.92. The van der Waals surface area contributed by atoms with E-state index in [1.54, 1.807) is 0 Å². The van der Waals surface area contributed by atoms with E-state index >= 15 is 0 Å². The number of para-hydroxylation sites is 1. The van der Waals surface area contributed by atoms with Crippen molar-refractivity contribution >= 4 is 11.8 Å². The zero-order valence-electron chi connectivity index (χ0n) is 16.9. The molecule has 1 aliphatic rings. The van der Waals surface area contributed by atoms with Crippen LogP contribution in [0, 0.1) is 11.8 Å². The molecule has 1 heterocycles. The molecule has 1 aliphatic heterocycles. The van der Waals surface area contributed by atoms with Gasteiger partial charge in [-0.05, 0) is 29.5 Å². The summed E-state index contributed by atoms with van der Waals surface area (Å²) in [6, 6.07) is 17.7. The second-order valence-electron chi connectivity index (χ2n) is 7.57. The molecule has 2 aromatic carbocycles. The van der Waals surface area contributed by atoms with Gasteiger partial charge in [0.1, 0.15) is 5.75 Å². The third-order valence-electron chi connectivity index (χ3n) is 5.02. The summed E-state index contributed by atoms with van der Waals surface area (Å²) in [5.74, 6) is 0.0185. The van der Waals surface area contributed by atoms with E-state index in [0.717, 1.165) is 5.56 Å². The molecule has 2 atom stereocenters. The molecule has 2 aromatic rings. The third-order valence-corrected chi connectivity index (χ3v) is 5.02. The van der Waals surface area contributed by atoms with Crippen molar-refractivity contribution in [1.29, 1.82) is 0 Å². The fourth-order valence-electron chi connectivity index (χ4n) is 3.56. The van der Waals surface area contributed by atoms with Crippen LogP contribution in [0.4, 0.5) is 0 Å². The Morgan fingerprint density at radius 3 is 2.55 bits per heavy atom. The quantitative estimate of drug-likeness (QED) is 0.706. The zero-order valence-corrected chi connectivity index (χ0v) is 16.9. The first kappa shape index (κ1) is 20.9. The highest BCUT2D eigenvalue weighted by atomic mass is 16.5. The fraction of sp³-hybridized carbons (Fsp3) is 0.391. The van der Waals surface area contributed by atoms with E-state index in [9.17, 15) is 9.59 Å². The highest BCUT2D eigenvalue weighted by molar-refractivity contribution is 5.84. The van der Waals surface area contributed by atoms with Crippen molar-refractivity contribution in [3.63, 3.8) is 0 Å². The second-order valence-corrected chi connectivity index (χ2v) is 7.57. The van der Waals surface area contributed by atoms with Gasteiger partial charge in [-0.25, -0.2) is 0 Å². The molecule has 0 saturated carbocycles. The number of benzene rings is 2. The number of nitrogens with one attached hydrogen (secondary N) is 2. The zero-order chi connectivity index (χ0) is 20.6. The summed E-state index contributed by atoms with van der Waals surface area (Å²) in [5, 5.41) is 0. The number of hydrazine groups is 1. The summed E-state index contributed by atoms with van der Waals surface area (Å²) in [5.41, 5.74) is 7.10. The maximum Gasteiger partial charge on any atom is 0.276 e. The molecule has 0 aromatic heterocycles. The van der Waals surface area contributed by atoms with Crippen molar-refractivity contribution in [3.8, 4) is 5.75 Å². The van der Waals surface area contributed by atoms with Crippen LogP contribution in [-0.4, -0.2) is 31.1 Å². The Balaban J connectivity index is 1.49. The number of carbonyl (C=O) groups is 2. The maximum absolute atomic E-state index is 12.3. The average Bonchev–Trinajstić information content (AvgIpc) is 3.22. The Hall–Kier alpha value is -2.86. The molecule has 0 unspecified atom stereocenters. The van der Waals surface area contributed by atoms with Gasteiger partial charge in [-0.2, -0.15) is 0 Å². The van der Waals surface area contributed by atoms with E-state index in [1.807, 2.05) is 56.3 Å². The number of ether oxygens (including phenoxy) is 2. The van der Waals surface area contributed by atoms with Crippen LogP contribution in [0.2, 0.25) is 0 Å². The van der Waals surface area contributed by atoms with Gasteiger partial charge in [0.2, 0.25) is 5.91 Å². The molecular weight excluding hydrogens is 368 g/mol. The van der Waals surface area contributed by atoms with Gasteiger partial charge in [-0.1, -0.05) is 62.4 Å². The van der Waals surface area contributed by atoms with E-state index < -0.39 is 5.91 Å². The highest BCUT2D eigenvalue weighted by Gasteiger charge is 2.36. The lowest BCUT2D eigenvalue weighted by Crippen LogP contribution is -2.48. The van der Waals surface area contributed by atoms with Gasteiger partial charge >= 0.3 is 0 Å². The predicted octanol–water partition coefficient (Wildman–Crippen LogP) is 2.86. The van der Waals surface area contributed by atoms with Crippen molar-refractivity contribution < 1.29 is 19.1 Å². The smallest absolute Gasteiger partial charge is 0.276 e. The van der Waals surface area contributed by atoms with Crippen LogP contribution in [0.15, 0.2) is 54.6 Å². The van der Waals surface area contributed by atoms with Crippen LogP contribution < -0.4 is 15.6 Å². The highest BCUT2D eigenvalue weighted by Crippen LogP contribution is 2.26. The van der Waals surface area contributed by atoms with E-state index in [4.69, 9.17) is 9.47 Å². The van der Waals surface area contributed by atoms with Crippen molar-refractivity contribution in [2.75, 3.05) is 13.2 Å². The van der Waals surface area contributed by atoms with E-state index in [-0.39, 0.29) is 30.5 Å². The van der Waals surface area contributed by atoms with Crippen LogP contribution in [-0.2, 0) is 20.7 Å². The second kappa shape index (κ2) is 10.1. The topological polar surface area (TPSA) is 76.7 Å². The van der Waals surface area contributed by atoms with Gasteiger partial charge in [0.05, 0.1) is 12.0 Å². The Morgan fingerprint density at radius 1 is 1.07 bits per heavy atom. The number of rotatable bonds is 7. The van der Waals surface area contributed by atoms with Crippen LogP contribution in [0.25, 0.3) is 0 Å². The molecule has 0 spiro atoms. The first-order chi connectivity index (χ1) is 14.0. The fourth-order valence-corrected chi connectivity index (χ4v) is 3.56. The Labute approximate surface area is 171 Å². The molecule has 6 heteroatoms. The van der Waals surface area contributed by atoms with Gasteiger partial charge in [-0.15, -0.1) is 0 Å². The van der Waals surface area contributed by atoms with Gasteiger partial charge in [-0.3, -0.25) is 20.4 Å². The number of hydrogen-bond donors (Lipinski definition) is 2. The van der Waals surface area contributed by atoms with Gasteiger partial charge in [0, 0.05) is 13.0 Å². The SMILES string of the molecule is CC(C)[C@H]1OCC[C@H]1C(=O)NNC(=O)COc1ccccc1Cc1ccccc1. The van der Waals surface area contributed by atoms with E-state index in [1.165, 1.54) is 5.56 Å². The van der Waals surface area contributed by atoms with Crippen LogP contribution in [0.5, 0.6) is 5.75 Å². The molecule has 1 saturated heterocycles. The molecule has 29 heavy (non-hydrogen) atoms. The molecular formula is C23H28N2O4. The Kier molecular flexibility index (Phi) is 7.25. The standard InChI is InChI=1S/C23H28N2O4/c1-16(2)22-19(12-13-28-22)23(27)25-24-21(26)15-29-20-11-7-6-10-18(20)14-17-8-4-3-5-9-17/h3-11,16,19,22H,12-15H2,1-2H3,(H,24,26)(H,25,27)/t19-,22-/m1/s1. The summed E-state index contributed by atoms with van der Waals surface area (Å²) in [6.45, 7) is 4.43. The molecule has 6 nitrogen and oxygen atoms in total. The minimum absolute atomic E-state index is 0.118. The van der Waals surface area contributed by atoms with Gasteiger partial charge < -0.3 is 9.47 Å². The molecule has 3 rings (SSSR count). The van der Waals surface area contributed by atoms with E-state index in [2.05, 4.69) is 23.0 Å². The monoisotopic (exact) mass is 396 g/mol. The largest absolute Gasteiger partial charge is 0.483 e. The summed E-state index contributed by atoms with van der Waals surface area (Å²) >= 11 is 0. The predicted molar refractivity (Wildman–Crippen MR) is 110 cm³/mol. The minimum atomic E-state index is -0.409. The molecule has 0 bridgehead atoms. The molecule has 1 fully saturated rings. The van der Waals surface area contributed by atoms with Crippen molar-refractivity contribution in [1.82, 2.24) is 10.9 Å². The van der Waals surface area contributed by atoms with Crippen molar-refractivity contribution in [3.05, 3.63) is 65.7 Å². The van der Waals surface area contributed by atoms with Crippen LogP contribution in [0.1, 0.15) is 31.4 Å². The van der Waals surface area contributed by atoms with Crippen molar-refractivity contribution in [2.45, 2.75) is 32.8 Å². The average molecular weight is 396 g/mol. The Bertz CT molecular complexity index is 823. The molecule has 0 radical (unpaired) electrons. The summed E-state index contributed by atoms with van der Waals surface area (Å²) < 4.78 is 11.3. The first-order valence-electron chi connectivity index (χ1n) is 9.99. The maximum atomic E-state index is 12.3. The van der Waals surface area contributed by atoms with Crippen molar-refractivity contribution in [2.24, 2.45) is 11.8 Å². The van der Waals surface area contributed by atoms with Gasteiger partial charge in [0.25, 0.3) is 5.91 Å². The van der Waals surface area contributed by atoms with Crippen LogP contribution >= 0.6 is 0 Å². The lowest BCUT2D eigenvalue weighted by molar-refractivity contribution is -0.133. The summed E-state index contributed by atoms with van der Waals surface area (Å²) in [7, 11) is 0. The normalized spacial score (nSPS) is 18.4. The Morgan fingerprint density at radius 2 is 1.79 bits per heavy atom. The number of carbonyl (C=O) groups excluding carboxylic acids is 2. The van der Waals surface area contributed by atoms with Crippen LogP contribution in [0.3, 0.4) is 0 Å².